The van der Waals surface area contributed by atoms with E-state index in [0.717, 1.165) is 11.1 Å². The van der Waals surface area contributed by atoms with E-state index in [1.807, 2.05) is 62.0 Å². The SMILES string of the molecule is CCOc1ccc(C(=O)N[C@H](C(=O)NCc2ccccc2Cn2cccn2)C(C)C)cc1. The lowest BCUT2D eigenvalue weighted by atomic mass is 10.0. The van der Waals surface area contributed by atoms with Gasteiger partial charge in [0.25, 0.3) is 5.91 Å². The van der Waals surface area contributed by atoms with Crippen molar-refractivity contribution in [2.45, 2.75) is 39.9 Å². The summed E-state index contributed by atoms with van der Waals surface area (Å²) >= 11 is 0. The van der Waals surface area contributed by atoms with E-state index in [4.69, 9.17) is 4.74 Å². The number of hydrogen-bond acceptors (Lipinski definition) is 4. The Labute approximate surface area is 188 Å². The molecule has 0 saturated carbocycles. The topological polar surface area (TPSA) is 85.2 Å². The average Bonchev–Trinajstić information content (AvgIpc) is 3.30. The molecule has 2 aromatic carbocycles. The van der Waals surface area contributed by atoms with Crippen molar-refractivity contribution in [1.82, 2.24) is 20.4 Å². The van der Waals surface area contributed by atoms with Crippen LogP contribution in [0.1, 0.15) is 42.3 Å². The van der Waals surface area contributed by atoms with Crippen molar-refractivity contribution in [3.63, 3.8) is 0 Å². The fraction of sp³-hybridized carbons (Fsp3) is 0.320. The maximum absolute atomic E-state index is 12.9. The summed E-state index contributed by atoms with van der Waals surface area (Å²) in [5, 5.41) is 10.1. The molecule has 0 fully saturated rings. The normalized spacial score (nSPS) is 11.8. The van der Waals surface area contributed by atoms with Crippen LogP contribution in [-0.4, -0.2) is 34.2 Å². The number of rotatable bonds is 10. The fourth-order valence-electron chi connectivity index (χ4n) is 3.37. The van der Waals surface area contributed by atoms with Gasteiger partial charge in [0.15, 0.2) is 0 Å². The highest BCUT2D eigenvalue weighted by Crippen LogP contribution is 2.14. The standard InChI is InChI=1S/C25H30N4O3/c1-4-32-22-12-10-19(11-13-22)24(30)28-23(18(2)3)25(31)26-16-20-8-5-6-9-21(20)17-29-15-7-14-27-29/h5-15,18,23H,4,16-17H2,1-3H3,(H,26,31)(H,28,30)/t23-/m0/s1. The van der Waals surface area contributed by atoms with Gasteiger partial charge in [-0.25, -0.2) is 0 Å². The van der Waals surface area contributed by atoms with Gasteiger partial charge in [-0.3, -0.25) is 14.3 Å². The van der Waals surface area contributed by atoms with Crippen molar-refractivity contribution in [3.05, 3.63) is 83.7 Å². The van der Waals surface area contributed by atoms with Gasteiger partial charge in [-0.15, -0.1) is 0 Å². The molecule has 1 atom stereocenters. The molecule has 0 aliphatic heterocycles. The minimum atomic E-state index is -0.646. The number of nitrogens with zero attached hydrogens (tertiary/aromatic N) is 2. The molecule has 0 saturated heterocycles. The van der Waals surface area contributed by atoms with Crippen LogP contribution in [0, 0.1) is 5.92 Å². The second-order valence-electron chi connectivity index (χ2n) is 7.84. The molecule has 0 bridgehead atoms. The number of carbonyl (C=O) groups excluding carboxylic acids is 2. The molecule has 168 valence electrons. The van der Waals surface area contributed by atoms with Crippen molar-refractivity contribution in [2.75, 3.05) is 6.61 Å². The van der Waals surface area contributed by atoms with E-state index >= 15 is 0 Å². The van der Waals surface area contributed by atoms with Crippen LogP contribution in [0.2, 0.25) is 0 Å². The van der Waals surface area contributed by atoms with Gasteiger partial charge in [-0.05, 0) is 54.3 Å². The monoisotopic (exact) mass is 434 g/mol. The number of ether oxygens (including phenoxy) is 1. The predicted molar refractivity (Wildman–Crippen MR) is 123 cm³/mol. The summed E-state index contributed by atoms with van der Waals surface area (Å²) in [6.45, 7) is 7.29. The maximum Gasteiger partial charge on any atom is 0.251 e. The largest absolute Gasteiger partial charge is 0.494 e. The van der Waals surface area contributed by atoms with Gasteiger partial charge in [-0.2, -0.15) is 5.10 Å². The molecule has 1 heterocycles. The number of hydrogen-bond donors (Lipinski definition) is 2. The van der Waals surface area contributed by atoms with Crippen molar-refractivity contribution in [1.29, 1.82) is 0 Å². The lowest BCUT2D eigenvalue weighted by Gasteiger charge is -2.22. The van der Waals surface area contributed by atoms with Crippen molar-refractivity contribution < 1.29 is 14.3 Å². The molecule has 3 rings (SSSR count). The number of amides is 2. The van der Waals surface area contributed by atoms with Gasteiger partial charge in [0.05, 0.1) is 13.2 Å². The van der Waals surface area contributed by atoms with Crippen LogP contribution in [0.3, 0.4) is 0 Å². The molecule has 0 aliphatic rings. The molecular weight excluding hydrogens is 404 g/mol. The van der Waals surface area contributed by atoms with E-state index in [2.05, 4.69) is 15.7 Å². The molecule has 7 heteroatoms. The van der Waals surface area contributed by atoms with E-state index in [9.17, 15) is 9.59 Å². The zero-order valence-corrected chi connectivity index (χ0v) is 18.7. The van der Waals surface area contributed by atoms with Crippen molar-refractivity contribution in [3.8, 4) is 5.75 Å². The summed E-state index contributed by atoms with van der Waals surface area (Å²) in [4.78, 5) is 25.6. The number of benzene rings is 2. The number of carbonyl (C=O) groups is 2. The Morgan fingerprint density at radius 1 is 1.03 bits per heavy atom. The Bertz CT molecular complexity index is 1010. The Hall–Kier alpha value is -3.61. The van der Waals surface area contributed by atoms with Gasteiger partial charge in [0, 0.05) is 24.5 Å². The van der Waals surface area contributed by atoms with Crippen LogP contribution in [0.15, 0.2) is 67.0 Å². The molecule has 2 N–H and O–H groups in total. The van der Waals surface area contributed by atoms with E-state index < -0.39 is 6.04 Å². The van der Waals surface area contributed by atoms with Gasteiger partial charge in [0.1, 0.15) is 11.8 Å². The predicted octanol–water partition coefficient (Wildman–Crippen LogP) is 3.40. The Balaban J connectivity index is 1.62. The summed E-state index contributed by atoms with van der Waals surface area (Å²) in [7, 11) is 0. The Kier molecular flexibility index (Phi) is 8.02. The smallest absolute Gasteiger partial charge is 0.251 e. The van der Waals surface area contributed by atoms with E-state index in [1.165, 1.54) is 0 Å². The first-order valence-corrected chi connectivity index (χ1v) is 10.8. The quantitative estimate of drug-likeness (QED) is 0.512. The van der Waals surface area contributed by atoms with Crippen LogP contribution in [0.5, 0.6) is 5.75 Å². The van der Waals surface area contributed by atoms with Gasteiger partial charge in [-0.1, -0.05) is 38.1 Å². The lowest BCUT2D eigenvalue weighted by molar-refractivity contribution is -0.124. The molecule has 0 aliphatic carbocycles. The van der Waals surface area contributed by atoms with E-state index in [-0.39, 0.29) is 17.7 Å². The average molecular weight is 435 g/mol. The zero-order chi connectivity index (χ0) is 22.9. The van der Waals surface area contributed by atoms with Gasteiger partial charge < -0.3 is 15.4 Å². The molecule has 7 nitrogen and oxygen atoms in total. The third-order valence-electron chi connectivity index (χ3n) is 5.13. The highest BCUT2D eigenvalue weighted by atomic mass is 16.5. The van der Waals surface area contributed by atoms with Crippen LogP contribution in [-0.2, 0) is 17.9 Å². The molecular formula is C25H30N4O3. The molecule has 0 unspecified atom stereocenters. The fourth-order valence-corrected chi connectivity index (χ4v) is 3.37. The summed E-state index contributed by atoms with van der Waals surface area (Å²) in [6, 6.07) is 16.1. The Morgan fingerprint density at radius 3 is 2.38 bits per heavy atom. The Morgan fingerprint density at radius 2 is 1.75 bits per heavy atom. The summed E-state index contributed by atoms with van der Waals surface area (Å²) in [5.41, 5.74) is 2.57. The maximum atomic E-state index is 12.9. The minimum Gasteiger partial charge on any atom is -0.494 e. The van der Waals surface area contributed by atoms with Crippen LogP contribution < -0.4 is 15.4 Å². The first-order valence-electron chi connectivity index (χ1n) is 10.8. The lowest BCUT2D eigenvalue weighted by Crippen LogP contribution is -2.49. The first kappa shape index (κ1) is 23.1. The second-order valence-corrected chi connectivity index (χ2v) is 7.84. The zero-order valence-electron chi connectivity index (χ0n) is 18.7. The summed E-state index contributed by atoms with van der Waals surface area (Å²) in [5.74, 6) is 0.131. The molecule has 1 aromatic heterocycles. The first-order chi connectivity index (χ1) is 15.5. The van der Waals surface area contributed by atoms with Gasteiger partial charge >= 0.3 is 0 Å². The van der Waals surface area contributed by atoms with E-state index in [0.29, 0.717) is 31.0 Å². The molecule has 3 aromatic rings. The number of nitrogens with one attached hydrogen (secondary N) is 2. The summed E-state index contributed by atoms with van der Waals surface area (Å²) in [6.07, 6.45) is 3.64. The minimum absolute atomic E-state index is 0.0685. The molecule has 32 heavy (non-hydrogen) atoms. The molecule has 0 spiro atoms. The third kappa shape index (κ3) is 6.20. The highest BCUT2D eigenvalue weighted by Gasteiger charge is 2.24. The van der Waals surface area contributed by atoms with Gasteiger partial charge in [0.2, 0.25) is 5.91 Å². The summed E-state index contributed by atoms with van der Waals surface area (Å²) < 4.78 is 7.26. The number of aromatic nitrogens is 2. The third-order valence-corrected chi connectivity index (χ3v) is 5.13. The van der Waals surface area contributed by atoms with Crippen LogP contribution in [0.4, 0.5) is 0 Å². The second kappa shape index (κ2) is 11.1. The van der Waals surface area contributed by atoms with Crippen LogP contribution in [0.25, 0.3) is 0 Å². The van der Waals surface area contributed by atoms with E-state index in [1.54, 1.807) is 30.5 Å². The van der Waals surface area contributed by atoms with Crippen LogP contribution >= 0.6 is 0 Å². The highest BCUT2D eigenvalue weighted by molar-refractivity contribution is 5.97. The molecule has 0 radical (unpaired) electrons. The van der Waals surface area contributed by atoms with Crippen molar-refractivity contribution >= 4 is 11.8 Å². The molecule has 2 amide bonds. The van der Waals surface area contributed by atoms with Crippen molar-refractivity contribution in [2.24, 2.45) is 5.92 Å².